The van der Waals surface area contributed by atoms with E-state index in [1.54, 1.807) is 0 Å². The van der Waals surface area contributed by atoms with E-state index in [9.17, 15) is 13.6 Å². The molecule has 0 bridgehead atoms. The van der Waals surface area contributed by atoms with E-state index in [-0.39, 0.29) is 5.56 Å². The van der Waals surface area contributed by atoms with Crippen LogP contribution in [0.3, 0.4) is 0 Å². The number of aryl methyl sites for hydroxylation is 1. The van der Waals surface area contributed by atoms with Gasteiger partial charge in [-0.2, -0.15) is 11.8 Å². The normalized spacial score (nSPS) is 14.2. The van der Waals surface area contributed by atoms with Crippen LogP contribution in [0.4, 0.5) is 8.78 Å². The third-order valence-corrected chi connectivity index (χ3v) is 5.29. The monoisotopic (exact) mass is 296 g/mol. The van der Waals surface area contributed by atoms with Crippen LogP contribution in [-0.2, 0) is 12.2 Å². The summed E-state index contributed by atoms with van der Waals surface area (Å²) in [6.07, 6.45) is 0.948. The summed E-state index contributed by atoms with van der Waals surface area (Å²) in [5.74, 6) is -0.530. The molecule has 0 saturated carbocycles. The zero-order valence-electron chi connectivity index (χ0n) is 9.91. The summed E-state index contributed by atoms with van der Waals surface area (Å²) in [5, 5.41) is 0. The van der Waals surface area contributed by atoms with Crippen LogP contribution in [0.5, 0.6) is 0 Å². The Balaban J connectivity index is 2.00. The molecule has 19 heavy (non-hydrogen) atoms. The van der Waals surface area contributed by atoms with Crippen molar-refractivity contribution in [2.75, 3.05) is 5.75 Å². The van der Waals surface area contributed by atoms with Crippen LogP contribution in [-0.4, -0.2) is 11.5 Å². The van der Waals surface area contributed by atoms with Crippen LogP contribution < -0.4 is 0 Å². The minimum Gasteiger partial charge on any atom is -0.288 e. The van der Waals surface area contributed by atoms with Gasteiger partial charge in [0.1, 0.15) is 0 Å². The maximum Gasteiger partial charge on any atom is 0.206 e. The Morgan fingerprint density at radius 3 is 2.89 bits per heavy atom. The van der Waals surface area contributed by atoms with Gasteiger partial charge in [0.15, 0.2) is 11.6 Å². The zero-order chi connectivity index (χ0) is 13.4. The number of ketones is 1. The molecule has 0 fully saturated rings. The number of hydrogen-bond acceptors (Lipinski definition) is 3. The van der Waals surface area contributed by atoms with Crippen LogP contribution in [0, 0.1) is 11.6 Å². The first-order chi connectivity index (χ1) is 9.16. The van der Waals surface area contributed by atoms with E-state index < -0.39 is 17.4 Å². The summed E-state index contributed by atoms with van der Waals surface area (Å²) in [5.41, 5.74) is 0.965. The third-order valence-electron chi connectivity index (χ3n) is 3.05. The van der Waals surface area contributed by atoms with E-state index >= 15 is 0 Å². The molecule has 1 aliphatic heterocycles. The number of rotatable bonds is 2. The SMILES string of the molecule is O=C(c1cc2c(s1)CCSC2)c1cccc(F)c1F. The van der Waals surface area contributed by atoms with Gasteiger partial charge in [0.2, 0.25) is 5.78 Å². The Kier molecular flexibility index (Phi) is 3.41. The van der Waals surface area contributed by atoms with Crippen molar-refractivity contribution in [3.05, 3.63) is 56.8 Å². The minimum atomic E-state index is -1.06. The molecule has 0 N–H and O–H groups in total. The summed E-state index contributed by atoms with van der Waals surface area (Å²) in [4.78, 5) is 13.9. The summed E-state index contributed by atoms with van der Waals surface area (Å²) < 4.78 is 26.8. The Labute approximate surface area is 117 Å². The maximum atomic E-state index is 13.6. The quantitative estimate of drug-likeness (QED) is 0.778. The third kappa shape index (κ3) is 2.32. The fourth-order valence-corrected chi connectivity index (χ4v) is 4.40. The maximum absolute atomic E-state index is 13.6. The number of thioether (sulfide) groups is 1. The van der Waals surface area contributed by atoms with Crippen molar-refractivity contribution in [3.63, 3.8) is 0 Å². The van der Waals surface area contributed by atoms with E-state index in [4.69, 9.17) is 0 Å². The highest BCUT2D eigenvalue weighted by Gasteiger charge is 2.21. The molecular formula is C14H10F2OS2. The molecule has 1 aromatic heterocycles. The minimum absolute atomic E-state index is 0.189. The van der Waals surface area contributed by atoms with Gasteiger partial charge in [0.25, 0.3) is 0 Å². The molecule has 0 amide bonds. The Morgan fingerprint density at radius 2 is 2.11 bits per heavy atom. The van der Waals surface area contributed by atoms with Crippen molar-refractivity contribution in [1.29, 1.82) is 0 Å². The Morgan fingerprint density at radius 1 is 1.26 bits per heavy atom. The molecule has 2 aromatic rings. The summed E-state index contributed by atoms with van der Waals surface area (Å²) >= 11 is 3.23. The molecule has 98 valence electrons. The number of thiophene rings is 1. The molecule has 5 heteroatoms. The zero-order valence-corrected chi connectivity index (χ0v) is 11.5. The number of carbonyl (C=O) groups excluding carboxylic acids is 1. The second-order valence-electron chi connectivity index (χ2n) is 4.29. The second-order valence-corrected chi connectivity index (χ2v) is 6.53. The molecule has 0 unspecified atom stereocenters. The molecule has 0 saturated heterocycles. The lowest BCUT2D eigenvalue weighted by Crippen LogP contribution is -2.03. The van der Waals surface area contributed by atoms with E-state index in [0.717, 1.165) is 29.6 Å². The predicted octanol–water partition coefficient (Wildman–Crippen LogP) is 4.05. The van der Waals surface area contributed by atoms with Gasteiger partial charge in [-0.05, 0) is 35.9 Å². The highest BCUT2D eigenvalue weighted by molar-refractivity contribution is 7.98. The summed E-state index contributed by atoms with van der Waals surface area (Å²) in [6, 6.07) is 5.52. The van der Waals surface area contributed by atoms with Crippen LogP contribution >= 0.6 is 23.1 Å². The van der Waals surface area contributed by atoms with Gasteiger partial charge in [-0.1, -0.05) is 6.07 Å². The standard InChI is InChI=1S/C14H10F2OS2/c15-10-3-1-2-9(13(10)16)14(17)12-6-8-7-18-5-4-11(8)19-12/h1-3,6H,4-5,7H2. The van der Waals surface area contributed by atoms with Crippen molar-refractivity contribution in [1.82, 2.24) is 0 Å². The van der Waals surface area contributed by atoms with Crippen LogP contribution in [0.2, 0.25) is 0 Å². The lowest BCUT2D eigenvalue weighted by molar-refractivity contribution is 0.103. The molecular weight excluding hydrogens is 286 g/mol. The highest BCUT2D eigenvalue weighted by atomic mass is 32.2. The van der Waals surface area contributed by atoms with Crippen molar-refractivity contribution in [3.8, 4) is 0 Å². The van der Waals surface area contributed by atoms with E-state index in [1.165, 1.54) is 28.3 Å². The van der Waals surface area contributed by atoms with Crippen molar-refractivity contribution < 1.29 is 13.6 Å². The number of fused-ring (bicyclic) bond motifs is 1. The van der Waals surface area contributed by atoms with Gasteiger partial charge in [0.05, 0.1) is 10.4 Å². The number of benzene rings is 1. The predicted molar refractivity (Wildman–Crippen MR) is 74.0 cm³/mol. The van der Waals surface area contributed by atoms with Gasteiger partial charge in [-0.15, -0.1) is 11.3 Å². The van der Waals surface area contributed by atoms with Gasteiger partial charge in [0, 0.05) is 10.6 Å². The Bertz CT molecular complexity index is 625. The van der Waals surface area contributed by atoms with Crippen molar-refractivity contribution >= 4 is 28.9 Å². The molecule has 1 nitrogen and oxygen atoms in total. The molecule has 0 atom stereocenters. The lowest BCUT2D eigenvalue weighted by atomic mass is 10.1. The number of hydrogen-bond donors (Lipinski definition) is 0. The van der Waals surface area contributed by atoms with Crippen molar-refractivity contribution in [2.45, 2.75) is 12.2 Å². The van der Waals surface area contributed by atoms with E-state index in [2.05, 4.69) is 0 Å². The molecule has 0 spiro atoms. The van der Waals surface area contributed by atoms with E-state index in [0.29, 0.717) is 4.88 Å². The summed E-state index contributed by atoms with van der Waals surface area (Å²) in [6.45, 7) is 0. The van der Waals surface area contributed by atoms with Crippen LogP contribution in [0.25, 0.3) is 0 Å². The highest BCUT2D eigenvalue weighted by Crippen LogP contribution is 2.33. The summed E-state index contributed by atoms with van der Waals surface area (Å²) in [7, 11) is 0. The average Bonchev–Trinajstić information content (AvgIpc) is 2.85. The molecule has 0 radical (unpaired) electrons. The van der Waals surface area contributed by atoms with Gasteiger partial charge in [-0.3, -0.25) is 4.79 Å². The number of carbonyl (C=O) groups is 1. The molecule has 2 heterocycles. The topological polar surface area (TPSA) is 17.1 Å². The average molecular weight is 296 g/mol. The van der Waals surface area contributed by atoms with Crippen LogP contribution in [0.1, 0.15) is 25.7 Å². The lowest BCUT2D eigenvalue weighted by Gasteiger charge is -2.08. The van der Waals surface area contributed by atoms with Crippen LogP contribution in [0.15, 0.2) is 24.3 Å². The Hall–Kier alpha value is -1.20. The molecule has 3 rings (SSSR count). The molecule has 1 aromatic carbocycles. The molecule has 0 aliphatic carbocycles. The fourth-order valence-electron chi connectivity index (χ4n) is 2.07. The van der Waals surface area contributed by atoms with Gasteiger partial charge < -0.3 is 0 Å². The first-order valence-corrected chi connectivity index (χ1v) is 7.82. The van der Waals surface area contributed by atoms with E-state index in [1.807, 2.05) is 17.8 Å². The first-order valence-electron chi connectivity index (χ1n) is 5.85. The molecule has 1 aliphatic rings. The van der Waals surface area contributed by atoms with Gasteiger partial charge in [-0.25, -0.2) is 8.78 Å². The first kappa shape index (κ1) is 12.8. The smallest absolute Gasteiger partial charge is 0.206 e. The fraction of sp³-hybridized carbons (Fsp3) is 0.214. The second kappa shape index (κ2) is 5.06. The van der Waals surface area contributed by atoms with Crippen molar-refractivity contribution in [2.24, 2.45) is 0 Å². The van der Waals surface area contributed by atoms with Gasteiger partial charge >= 0.3 is 0 Å². The largest absolute Gasteiger partial charge is 0.288 e. The number of halogens is 2.